The average Bonchev–Trinajstić information content (AvgIpc) is 3.13. The monoisotopic (exact) mass is 884 g/mol. The van der Waals surface area contributed by atoms with E-state index in [-0.39, 0.29) is 26.3 Å². The second-order valence-electron chi connectivity index (χ2n) is 11.2. The van der Waals surface area contributed by atoms with Crippen LogP contribution in [-0.4, -0.2) is 49.9 Å². The molecule has 2 aliphatic heterocycles. The lowest BCUT2D eigenvalue weighted by Crippen LogP contribution is -2.34. The third-order valence-corrected chi connectivity index (χ3v) is 11.5. The van der Waals surface area contributed by atoms with Gasteiger partial charge in [-0.3, -0.25) is 4.79 Å². The maximum atomic E-state index is 12.6. The Balaban J connectivity index is 0.000000570. The summed E-state index contributed by atoms with van der Waals surface area (Å²) < 4.78 is 6.93. The molecule has 3 aromatic rings. The van der Waals surface area contributed by atoms with Gasteiger partial charge >= 0.3 is 0 Å². The van der Waals surface area contributed by atoms with E-state index in [2.05, 4.69) is 70.7 Å². The van der Waals surface area contributed by atoms with Crippen molar-refractivity contribution in [3.8, 4) is 17.6 Å². The zero-order valence-electron chi connectivity index (χ0n) is 28.4. The van der Waals surface area contributed by atoms with Crippen LogP contribution < -0.4 is 19.6 Å². The summed E-state index contributed by atoms with van der Waals surface area (Å²) in [5, 5.41) is 19.5. The van der Waals surface area contributed by atoms with Gasteiger partial charge in [-0.05, 0) is 154 Å². The number of benzene rings is 3. The van der Waals surface area contributed by atoms with E-state index < -0.39 is 12.4 Å². The second-order valence-corrected chi connectivity index (χ2v) is 24.6. The van der Waals surface area contributed by atoms with Gasteiger partial charge in [0.25, 0.3) is 5.91 Å². The molecular formula is C35H47Cl2N8O3P5S. The minimum absolute atomic E-state index is 0. The first-order chi connectivity index (χ1) is 25.0. The van der Waals surface area contributed by atoms with Crippen LogP contribution in [0.15, 0.2) is 76.6 Å². The van der Waals surface area contributed by atoms with Crippen molar-refractivity contribution in [2.24, 2.45) is 10.4 Å². The van der Waals surface area contributed by atoms with E-state index in [0.29, 0.717) is 18.7 Å². The van der Waals surface area contributed by atoms with Gasteiger partial charge in [-0.25, -0.2) is 4.78 Å². The summed E-state index contributed by atoms with van der Waals surface area (Å²) >= 11 is 16.5. The van der Waals surface area contributed by atoms with Crippen LogP contribution in [0.1, 0.15) is 55.5 Å². The first kappa shape index (κ1) is 49.2. The number of amides is 1. The van der Waals surface area contributed by atoms with Crippen LogP contribution >= 0.6 is 61.6 Å². The highest BCUT2D eigenvalue weighted by Gasteiger charge is 2.24. The van der Waals surface area contributed by atoms with Gasteiger partial charge < -0.3 is 19.6 Å². The van der Waals surface area contributed by atoms with Crippen LogP contribution in [0.2, 0.25) is 0 Å². The first-order valence-corrected chi connectivity index (χ1v) is 25.5. The minimum Gasteiger partial charge on any atom is -0.466 e. The largest absolute Gasteiger partial charge is 0.466 e. The molecule has 0 saturated heterocycles. The smallest absolute Gasteiger partial charge is 0.261 e. The Bertz CT molecular complexity index is 1840. The fourth-order valence-corrected chi connectivity index (χ4v) is 7.00. The average molecular weight is 886 g/mol. The quantitative estimate of drug-likeness (QED) is 0.0279. The molecule has 2 unspecified atom stereocenters. The van der Waals surface area contributed by atoms with Crippen LogP contribution in [0.4, 0.5) is 5.69 Å². The SMILES string of the molecule is C.C.C=P.CN(/N=C/c1ccc(OP(P)P)cc1)P(=S)(Cl)Cl.N#C/C(=C/c1cc2c3c(c1)CCCN3CCC2)C(=O)NCCc1ccc(ON=[N+]=[N-])cc1. The summed E-state index contributed by atoms with van der Waals surface area (Å²) in [6, 6.07) is 20.9. The zero-order valence-corrected chi connectivity index (χ0v) is 35.8. The van der Waals surface area contributed by atoms with Gasteiger partial charge in [0.2, 0.25) is 4.89 Å². The van der Waals surface area contributed by atoms with Gasteiger partial charge in [-0.15, -0.1) is 8.86 Å². The van der Waals surface area contributed by atoms with E-state index in [1.165, 1.54) is 21.6 Å². The molecule has 2 atom stereocenters. The van der Waals surface area contributed by atoms with E-state index in [1.807, 2.05) is 42.5 Å². The molecule has 290 valence electrons. The first-order valence-electron chi connectivity index (χ1n) is 15.8. The van der Waals surface area contributed by atoms with Crippen molar-refractivity contribution in [1.29, 1.82) is 5.26 Å². The summed E-state index contributed by atoms with van der Waals surface area (Å²) in [4.78, 5) is 19.8. The van der Waals surface area contributed by atoms with Crippen molar-refractivity contribution < 1.29 is 14.2 Å². The van der Waals surface area contributed by atoms with Crippen LogP contribution in [0.3, 0.4) is 0 Å². The maximum Gasteiger partial charge on any atom is 0.261 e. The Morgan fingerprint density at radius 3 is 2.20 bits per heavy atom. The Hall–Kier alpha value is -2.77. The predicted molar refractivity (Wildman–Crippen MR) is 245 cm³/mol. The van der Waals surface area contributed by atoms with Gasteiger partial charge in [0.15, 0.2) is 0 Å². The molecule has 1 N–H and O–H groups in total. The molecule has 0 aliphatic carbocycles. The number of azide groups is 1. The summed E-state index contributed by atoms with van der Waals surface area (Å²) in [5.41, 5.74) is 15.2. The van der Waals surface area contributed by atoms with Gasteiger partial charge in [-0.2, -0.15) is 10.4 Å². The maximum absolute atomic E-state index is 12.6. The lowest BCUT2D eigenvalue weighted by Gasteiger charge is -2.37. The Morgan fingerprint density at radius 2 is 1.69 bits per heavy atom. The van der Waals surface area contributed by atoms with Crippen molar-refractivity contribution in [2.75, 3.05) is 31.6 Å². The van der Waals surface area contributed by atoms with Gasteiger partial charge in [0.1, 0.15) is 35.9 Å². The summed E-state index contributed by atoms with van der Waals surface area (Å²) in [6.07, 6.45) is 11.4. The van der Waals surface area contributed by atoms with Crippen molar-refractivity contribution >= 4 is 104 Å². The molecule has 0 aromatic heterocycles. The van der Waals surface area contributed by atoms with E-state index in [4.69, 9.17) is 49.2 Å². The number of nitrogens with one attached hydrogen (secondary N) is 1. The molecule has 0 saturated carbocycles. The fraction of sp³-hybridized carbons (Fsp3) is 0.314. The molecule has 5 rings (SSSR count). The molecule has 1 amide bonds. The number of carbonyl (C=O) groups excluding carboxylic acids is 1. The molecule has 0 fully saturated rings. The van der Waals surface area contributed by atoms with Crippen molar-refractivity contribution in [2.45, 2.75) is 47.0 Å². The van der Waals surface area contributed by atoms with Crippen molar-refractivity contribution in [3.63, 3.8) is 0 Å². The molecule has 0 bridgehead atoms. The number of anilines is 1. The lowest BCUT2D eigenvalue weighted by molar-refractivity contribution is -0.117. The van der Waals surface area contributed by atoms with E-state index >= 15 is 0 Å². The van der Waals surface area contributed by atoms with Gasteiger partial charge in [-0.1, -0.05) is 51.1 Å². The summed E-state index contributed by atoms with van der Waals surface area (Å²) in [7, 11) is 9.01. The lowest BCUT2D eigenvalue weighted by atomic mass is 9.89. The molecule has 54 heavy (non-hydrogen) atoms. The topological polar surface area (TPSA) is 139 Å². The fourth-order valence-electron chi connectivity index (χ4n) is 5.37. The van der Waals surface area contributed by atoms with Crippen molar-refractivity contribution in [1.82, 2.24) is 10.1 Å². The highest BCUT2D eigenvalue weighted by atomic mass is 35.9. The van der Waals surface area contributed by atoms with Crippen LogP contribution in [-0.2, 0) is 35.9 Å². The molecule has 3 aromatic carbocycles. The van der Waals surface area contributed by atoms with Crippen LogP contribution in [0.5, 0.6) is 11.5 Å². The van der Waals surface area contributed by atoms with E-state index in [1.54, 1.807) is 31.5 Å². The Labute approximate surface area is 342 Å². The summed E-state index contributed by atoms with van der Waals surface area (Å²) in [5.74, 6) is 0.887. The summed E-state index contributed by atoms with van der Waals surface area (Å²) in [6.45, 7) is 2.63. The number of carbonyl (C=O) groups is 1. The van der Waals surface area contributed by atoms with Crippen molar-refractivity contribution in [3.05, 3.63) is 104 Å². The number of halogens is 2. The third-order valence-electron chi connectivity index (χ3n) is 7.64. The molecule has 0 spiro atoms. The predicted octanol–water partition coefficient (Wildman–Crippen LogP) is 11.1. The van der Waals surface area contributed by atoms with Gasteiger partial charge in [0, 0.05) is 37.3 Å². The van der Waals surface area contributed by atoms with Crippen LogP contribution in [0.25, 0.3) is 16.5 Å². The third kappa shape index (κ3) is 16.1. The minimum atomic E-state index is -2.54. The standard InChI is InChI=1S/C24H24N6O2.C8H12Cl2N2OP4S.CH3P.2CH4/c25-16-21(24(31)27-10-9-17-5-7-22(8-6-17)32-29-28-26)15-18-13-19-3-1-11-30-12-2-4-20(14-18)23(19)30;1-12(17(9,10)18)11-6-7-2-4-8(5-3-7)13-16(14)15;1-2;;/h5-8,13-15H,1-4,9-12H2,(H,27,31);2-6H,14-15H2,1H3;2H,1H2;2*1H4/b21-15-;11-6+;;;. The molecule has 19 heteroatoms. The number of hydrogen-bond acceptors (Lipinski definition) is 8. The molecule has 11 nitrogen and oxygen atoms in total. The highest BCUT2D eigenvalue weighted by Crippen LogP contribution is 2.59. The Morgan fingerprint density at radius 1 is 1.11 bits per heavy atom. The molecule has 2 heterocycles. The zero-order chi connectivity index (χ0) is 38.1. The number of nitriles is 1. The van der Waals surface area contributed by atoms with Gasteiger partial charge in [0.05, 0.1) is 6.21 Å². The Kier molecular flexibility index (Phi) is 23.2. The molecule has 0 radical (unpaired) electrons. The highest BCUT2D eigenvalue weighted by molar-refractivity contribution is 8.41. The van der Waals surface area contributed by atoms with E-state index in [0.717, 1.165) is 61.2 Å². The van der Waals surface area contributed by atoms with E-state index in [9.17, 15) is 10.1 Å². The number of hydrogen-bond donors (Lipinski definition) is 1. The van der Waals surface area contributed by atoms with Crippen LogP contribution in [0, 0.1) is 11.3 Å². The number of aryl methyl sites for hydroxylation is 2. The molecular weight excluding hydrogens is 838 g/mol. The number of hydrazone groups is 1. The number of nitrogens with zero attached hydrogens (tertiary/aromatic N) is 7. The second kappa shape index (κ2) is 25.4. The normalized spacial score (nSPS) is 12.8. The number of rotatable bonds is 12. The molecule has 2 aliphatic rings.